The molecule has 2 atom stereocenters. The van der Waals surface area contributed by atoms with Crippen LogP contribution in [0.15, 0.2) is 66.7 Å². The average Bonchev–Trinajstić information content (AvgIpc) is 3.03. The number of aliphatic carboxylic acids is 1. The summed E-state index contributed by atoms with van der Waals surface area (Å²) in [6.45, 7) is 1.94. The summed E-state index contributed by atoms with van der Waals surface area (Å²) in [5.74, 6) is -2.01. The molecule has 0 amide bonds. The van der Waals surface area contributed by atoms with E-state index in [-0.39, 0.29) is 0 Å². The highest BCUT2D eigenvalue weighted by Crippen LogP contribution is 2.35. The van der Waals surface area contributed by atoms with Crippen LogP contribution in [0, 0.1) is 6.92 Å². The smallest absolute Gasteiger partial charge is 0.314 e. The zero-order chi connectivity index (χ0) is 17.1. The first-order valence-electron chi connectivity index (χ1n) is 7.69. The van der Waals surface area contributed by atoms with Crippen LogP contribution in [0.2, 0.25) is 0 Å². The molecule has 0 fully saturated rings. The Balaban J connectivity index is 1.90. The van der Waals surface area contributed by atoms with Crippen molar-refractivity contribution in [1.29, 1.82) is 0 Å². The molecule has 2 N–H and O–H groups in total. The number of carboxylic acid groups (broad SMARTS) is 1. The Morgan fingerprint density at radius 3 is 2.08 bits per heavy atom. The number of aliphatic hydroxyl groups excluding tert-OH is 1. The predicted molar refractivity (Wildman–Crippen MR) is 96.3 cm³/mol. The van der Waals surface area contributed by atoms with Crippen LogP contribution in [0.1, 0.15) is 27.3 Å². The fourth-order valence-corrected chi connectivity index (χ4v) is 3.65. The number of carboxylic acids is 1. The van der Waals surface area contributed by atoms with Gasteiger partial charge in [0, 0.05) is 9.75 Å². The van der Waals surface area contributed by atoms with E-state index in [1.54, 1.807) is 18.2 Å². The van der Waals surface area contributed by atoms with E-state index in [1.807, 2.05) is 55.5 Å². The average molecular weight is 338 g/mol. The minimum Gasteiger partial charge on any atom is -0.481 e. The van der Waals surface area contributed by atoms with Crippen molar-refractivity contribution in [2.24, 2.45) is 0 Å². The molecule has 4 heteroatoms. The van der Waals surface area contributed by atoms with Gasteiger partial charge in [-0.05, 0) is 35.7 Å². The van der Waals surface area contributed by atoms with Gasteiger partial charge in [-0.15, -0.1) is 11.3 Å². The maximum Gasteiger partial charge on any atom is 0.314 e. The van der Waals surface area contributed by atoms with Gasteiger partial charge in [0.15, 0.2) is 0 Å². The van der Waals surface area contributed by atoms with Crippen molar-refractivity contribution in [3.05, 3.63) is 82.0 Å². The Labute approximate surface area is 144 Å². The number of hydrogen-bond donors (Lipinski definition) is 2. The second-order valence-corrected chi connectivity index (χ2v) is 7.02. The molecule has 0 aliphatic rings. The number of rotatable bonds is 5. The second kappa shape index (κ2) is 6.99. The lowest BCUT2D eigenvalue weighted by molar-refractivity contribution is -0.141. The van der Waals surface area contributed by atoms with Crippen LogP contribution in [-0.2, 0) is 4.79 Å². The lowest BCUT2D eigenvalue weighted by atomic mass is 9.91. The van der Waals surface area contributed by atoms with Crippen LogP contribution in [0.5, 0.6) is 0 Å². The van der Waals surface area contributed by atoms with Crippen molar-refractivity contribution >= 4 is 17.3 Å². The summed E-state index contributed by atoms with van der Waals surface area (Å²) in [6.07, 6.45) is -1.05. The molecule has 0 unspecified atom stereocenters. The standard InChI is InChI=1S/C20H18O3S/c1-13-7-12-17(24-13)19(21)18(20(22)23)16-10-8-15(9-11-16)14-5-3-2-4-6-14/h2-12,18-19,21H,1H3,(H,22,23)/t18-,19-/m0/s1. The van der Waals surface area contributed by atoms with Gasteiger partial charge < -0.3 is 10.2 Å². The fourth-order valence-electron chi connectivity index (χ4n) is 2.75. The lowest BCUT2D eigenvalue weighted by Crippen LogP contribution is -2.19. The van der Waals surface area contributed by atoms with E-state index in [0.717, 1.165) is 16.0 Å². The molecule has 0 saturated carbocycles. The number of benzene rings is 2. The summed E-state index contributed by atoms with van der Waals surface area (Å²) >= 11 is 1.42. The van der Waals surface area contributed by atoms with Gasteiger partial charge in [0.1, 0.15) is 12.0 Å². The maximum atomic E-state index is 11.7. The SMILES string of the molecule is Cc1ccc([C@H](O)[C@@H](C(=O)O)c2ccc(-c3ccccc3)cc2)s1. The van der Waals surface area contributed by atoms with E-state index in [1.165, 1.54) is 11.3 Å². The normalized spacial score (nSPS) is 13.4. The first kappa shape index (κ1) is 16.4. The highest BCUT2D eigenvalue weighted by molar-refractivity contribution is 7.12. The molecule has 0 aliphatic carbocycles. The summed E-state index contributed by atoms with van der Waals surface area (Å²) in [5.41, 5.74) is 2.69. The minimum atomic E-state index is -1.05. The van der Waals surface area contributed by atoms with E-state index in [4.69, 9.17) is 0 Å². The molecule has 0 saturated heterocycles. The second-order valence-electron chi connectivity index (χ2n) is 5.70. The Kier molecular flexibility index (Phi) is 4.79. The third-order valence-electron chi connectivity index (χ3n) is 4.01. The van der Waals surface area contributed by atoms with Crippen LogP contribution in [0.25, 0.3) is 11.1 Å². The first-order chi connectivity index (χ1) is 11.6. The summed E-state index contributed by atoms with van der Waals surface area (Å²) in [6, 6.07) is 20.9. The molecule has 1 aromatic heterocycles. The number of aliphatic hydroxyl groups is 1. The molecular weight excluding hydrogens is 320 g/mol. The molecule has 3 aromatic rings. The molecule has 122 valence electrons. The summed E-state index contributed by atoms with van der Waals surface area (Å²) < 4.78 is 0. The van der Waals surface area contributed by atoms with Crippen molar-refractivity contribution in [2.75, 3.05) is 0 Å². The zero-order valence-electron chi connectivity index (χ0n) is 13.2. The van der Waals surface area contributed by atoms with Gasteiger partial charge in [0.2, 0.25) is 0 Å². The van der Waals surface area contributed by atoms with Crippen LogP contribution in [0.4, 0.5) is 0 Å². The molecule has 3 rings (SSSR count). The van der Waals surface area contributed by atoms with E-state index in [0.29, 0.717) is 10.4 Å². The van der Waals surface area contributed by atoms with Crippen molar-refractivity contribution in [1.82, 2.24) is 0 Å². The van der Waals surface area contributed by atoms with Crippen molar-refractivity contribution in [3.8, 4) is 11.1 Å². The Hall–Kier alpha value is -2.43. The summed E-state index contributed by atoms with van der Waals surface area (Å²) in [5, 5.41) is 20.1. The van der Waals surface area contributed by atoms with Crippen molar-refractivity contribution in [2.45, 2.75) is 18.9 Å². The van der Waals surface area contributed by atoms with Gasteiger partial charge in [-0.3, -0.25) is 4.79 Å². The van der Waals surface area contributed by atoms with E-state index >= 15 is 0 Å². The third-order valence-corrected chi connectivity index (χ3v) is 5.08. The molecule has 0 spiro atoms. The largest absolute Gasteiger partial charge is 0.481 e. The summed E-state index contributed by atoms with van der Waals surface area (Å²) in [7, 11) is 0. The number of carbonyl (C=O) groups is 1. The number of aryl methyl sites for hydroxylation is 1. The highest BCUT2D eigenvalue weighted by atomic mass is 32.1. The van der Waals surface area contributed by atoms with E-state index < -0.39 is 18.0 Å². The molecule has 0 bridgehead atoms. The van der Waals surface area contributed by atoms with Gasteiger partial charge in [-0.25, -0.2) is 0 Å². The fraction of sp³-hybridized carbons (Fsp3) is 0.150. The molecule has 3 nitrogen and oxygen atoms in total. The monoisotopic (exact) mass is 338 g/mol. The maximum absolute atomic E-state index is 11.7. The first-order valence-corrected chi connectivity index (χ1v) is 8.50. The third kappa shape index (κ3) is 3.40. The molecule has 24 heavy (non-hydrogen) atoms. The van der Waals surface area contributed by atoms with Crippen molar-refractivity contribution < 1.29 is 15.0 Å². The quantitative estimate of drug-likeness (QED) is 0.713. The zero-order valence-corrected chi connectivity index (χ0v) is 14.0. The molecule has 2 aromatic carbocycles. The molecule has 0 radical (unpaired) electrons. The topological polar surface area (TPSA) is 57.5 Å². The van der Waals surface area contributed by atoms with Gasteiger partial charge in [0.25, 0.3) is 0 Å². The Morgan fingerprint density at radius 2 is 1.54 bits per heavy atom. The molecule has 0 aliphatic heterocycles. The van der Waals surface area contributed by atoms with E-state index in [9.17, 15) is 15.0 Å². The number of thiophene rings is 1. The van der Waals surface area contributed by atoms with Crippen LogP contribution < -0.4 is 0 Å². The van der Waals surface area contributed by atoms with Gasteiger partial charge in [0.05, 0.1) is 0 Å². The minimum absolute atomic E-state index is 0.598. The molecular formula is C20H18O3S. The van der Waals surface area contributed by atoms with E-state index in [2.05, 4.69) is 0 Å². The van der Waals surface area contributed by atoms with Gasteiger partial charge in [-0.1, -0.05) is 54.6 Å². The molecule has 1 heterocycles. The van der Waals surface area contributed by atoms with Crippen LogP contribution >= 0.6 is 11.3 Å². The Morgan fingerprint density at radius 1 is 0.917 bits per heavy atom. The van der Waals surface area contributed by atoms with Gasteiger partial charge in [-0.2, -0.15) is 0 Å². The van der Waals surface area contributed by atoms with Gasteiger partial charge >= 0.3 is 5.97 Å². The predicted octanol–water partition coefficient (Wildman–Crippen LogP) is 4.63. The Bertz CT molecular complexity index is 822. The number of hydrogen-bond acceptors (Lipinski definition) is 3. The summed E-state index contributed by atoms with van der Waals surface area (Å²) in [4.78, 5) is 13.4. The van der Waals surface area contributed by atoms with Crippen LogP contribution in [0.3, 0.4) is 0 Å². The van der Waals surface area contributed by atoms with Crippen LogP contribution in [-0.4, -0.2) is 16.2 Å². The highest BCUT2D eigenvalue weighted by Gasteiger charge is 2.30. The van der Waals surface area contributed by atoms with Crippen molar-refractivity contribution in [3.63, 3.8) is 0 Å². The lowest BCUT2D eigenvalue weighted by Gasteiger charge is -2.19.